The zero-order chi connectivity index (χ0) is 10.8. The lowest BCUT2D eigenvalue weighted by Crippen LogP contribution is -1.93. The summed E-state index contributed by atoms with van der Waals surface area (Å²) in [5, 5.41) is 4.40. The fourth-order valence-corrected chi connectivity index (χ4v) is 1.75. The quantitative estimate of drug-likeness (QED) is 0.719. The summed E-state index contributed by atoms with van der Waals surface area (Å²) in [7, 11) is 1.68. The molecule has 2 rings (SSSR count). The maximum absolute atomic E-state index is 5.20. The van der Waals surface area contributed by atoms with Crippen LogP contribution in [0.1, 0.15) is 19.4 Å². The monoisotopic (exact) mass is 200 g/mol. The van der Waals surface area contributed by atoms with Crippen molar-refractivity contribution in [2.24, 2.45) is 0 Å². The number of benzene rings is 1. The van der Waals surface area contributed by atoms with Crippen LogP contribution >= 0.6 is 0 Å². The Labute approximate surface area is 90.3 Å². The molecule has 0 fully saturated rings. The molecule has 0 saturated carbocycles. The van der Waals surface area contributed by atoms with Crippen LogP contribution in [0.15, 0.2) is 41.7 Å². The van der Waals surface area contributed by atoms with Crippen molar-refractivity contribution in [3.8, 4) is 5.75 Å². The highest BCUT2D eigenvalue weighted by Crippen LogP contribution is 2.28. The van der Waals surface area contributed by atoms with E-state index < -0.39 is 0 Å². The number of allylic oxidation sites excluding steroid dienone is 4. The molecule has 0 unspecified atom stereocenters. The van der Waals surface area contributed by atoms with Crippen LogP contribution in [0.2, 0.25) is 0 Å². The molecule has 1 aromatic rings. The zero-order valence-corrected chi connectivity index (χ0v) is 9.24. The van der Waals surface area contributed by atoms with Crippen molar-refractivity contribution >= 4 is 5.57 Å². The van der Waals surface area contributed by atoms with Gasteiger partial charge in [0.25, 0.3) is 0 Å². The van der Waals surface area contributed by atoms with Gasteiger partial charge >= 0.3 is 0 Å². The minimum absolute atomic E-state index is 0.880. The SMILES string of the molecule is COc1cccc(C2=C(C)[N]C(C)=C2)c1. The summed E-state index contributed by atoms with van der Waals surface area (Å²) in [6.07, 6.45) is 2.10. The molecule has 0 aromatic heterocycles. The highest BCUT2D eigenvalue weighted by Gasteiger charge is 2.12. The van der Waals surface area contributed by atoms with Crippen molar-refractivity contribution < 1.29 is 4.74 Å². The van der Waals surface area contributed by atoms with E-state index in [2.05, 4.69) is 17.5 Å². The average molecular weight is 200 g/mol. The van der Waals surface area contributed by atoms with Gasteiger partial charge in [-0.05, 0) is 37.6 Å². The van der Waals surface area contributed by atoms with Gasteiger partial charge in [0.05, 0.1) is 7.11 Å². The van der Waals surface area contributed by atoms with E-state index in [9.17, 15) is 0 Å². The summed E-state index contributed by atoms with van der Waals surface area (Å²) < 4.78 is 5.20. The van der Waals surface area contributed by atoms with E-state index in [4.69, 9.17) is 4.74 Å². The van der Waals surface area contributed by atoms with Crippen LogP contribution < -0.4 is 10.1 Å². The van der Waals surface area contributed by atoms with Crippen LogP contribution in [-0.4, -0.2) is 7.11 Å². The minimum Gasteiger partial charge on any atom is -0.497 e. The first-order valence-electron chi connectivity index (χ1n) is 4.96. The summed E-state index contributed by atoms with van der Waals surface area (Å²) in [4.78, 5) is 0. The van der Waals surface area contributed by atoms with Gasteiger partial charge in [0, 0.05) is 17.0 Å². The van der Waals surface area contributed by atoms with Gasteiger partial charge in [0.2, 0.25) is 0 Å². The van der Waals surface area contributed by atoms with E-state index in [0.717, 1.165) is 22.7 Å². The highest BCUT2D eigenvalue weighted by atomic mass is 16.5. The molecule has 0 saturated heterocycles. The molecular formula is C13H14NO. The van der Waals surface area contributed by atoms with Crippen molar-refractivity contribution in [2.75, 3.05) is 7.11 Å². The Balaban J connectivity index is 2.41. The number of hydrogen-bond acceptors (Lipinski definition) is 1. The van der Waals surface area contributed by atoms with Crippen molar-refractivity contribution in [1.29, 1.82) is 0 Å². The fourth-order valence-electron chi connectivity index (χ4n) is 1.75. The van der Waals surface area contributed by atoms with E-state index >= 15 is 0 Å². The third kappa shape index (κ3) is 1.89. The van der Waals surface area contributed by atoms with Gasteiger partial charge in [-0.15, -0.1) is 0 Å². The van der Waals surface area contributed by atoms with Crippen LogP contribution in [0.3, 0.4) is 0 Å². The number of ether oxygens (including phenoxy) is 1. The number of nitrogens with zero attached hydrogens (tertiary/aromatic N) is 1. The molecule has 0 N–H and O–H groups in total. The Kier molecular flexibility index (Phi) is 2.50. The number of hydrogen-bond donors (Lipinski definition) is 0. The molecule has 15 heavy (non-hydrogen) atoms. The molecule has 2 heteroatoms. The predicted molar refractivity (Wildman–Crippen MR) is 61.5 cm³/mol. The lowest BCUT2D eigenvalue weighted by molar-refractivity contribution is 0.414. The summed E-state index contributed by atoms with van der Waals surface area (Å²) in [6, 6.07) is 8.05. The maximum Gasteiger partial charge on any atom is 0.119 e. The standard InChI is InChI=1S/C13H14NO/c1-9-7-13(10(2)14-9)11-5-4-6-12(8-11)15-3/h4-8H,1-3H3. The van der Waals surface area contributed by atoms with Crippen LogP contribution in [0, 0.1) is 0 Å². The van der Waals surface area contributed by atoms with E-state index in [1.807, 2.05) is 32.0 Å². The number of methoxy groups -OCH3 is 1. The van der Waals surface area contributed by atoms with Gasteiger partial charge in [-0.1, -0.05) is 12.1 Å². The first kappa shape index (κ1) is 9.84. The molecule has 0 aliphatic carbocycles. The van der Waals surface area contributed by atoms with Crippen LogP contribution in [0.5, 0.6) is 5.75 Å². The lowest BCUT2D eigenvalue weighted by atomic mass is 10.0. The normalized spacial score (nSPS) is 15.0. The molecule has 1 aliphatic heterocycles. The zero-order valence-electron chi connectivity index (χ0n) is 9.24. The molecular weight excluding hydrogens is 186 g/mol. The summed E-state index contributed by atoms with van der Waals surface area (Å²) in [5.41, 5.74) is 4.48. The third-order valence-corrected chi connectivity index (χ3v) is 2.47. The van der Waals surface area contributed by atoms with Gasteiger partial charge < -0.3 is 4.74 Å². The van der Waals surface area contributed by atoms with Gasteiger partial charge in [-0.25, -0.2) is 0 Å². The second kappa shape index (κ2) is 3.81. The Morgan fingerprint density at radius 2 is 2.00 bits per heavy atom. The van der Waals surface area contributed by atoms with Gasteiger partial charge in [-0.3, -0.25) is 5.32 Å². The smallest absolute Gasteiger partial charge is 0.119 e. The van der Waals surface area contributed by atoms with Gasteiger partial charge in [-0.2, -0.15) is 0 Å². The van der Waals surface area contributed by atoms with E-state index in [-0.39, 0.29) is 0 Å². The van der Waals surface area contributed by atoms with Crippen molar-refractivity contribution in [2.45, 2.75) is 13.8 Å². The van der Waals surface area contributed by atoms with Crippen molar-refractivity contribution in [1.82, 2.24) is 5.32 Å². The Bertz CT molecular complexity index is 444. The van der Waals surface area contributed by atoms with Crippen LogP contribution in [0.4, 0.5) is 0 Å². The van der Waals surface area contributed by atoms with Gasteiger partial charge in [0.15, 0.2) is 0 Å². The fraction of sp³-hybridized carbons (Fsp3) is 0.231. The van der Waals surface area contributed by atoms with E-state index in [1.54, 1.807) is 7.11 Å². The summed E-state index contributed by atoms with van der Waals surface area (Å²) in [5.74, 6) is 0.880. The molecule has 1 aliphatic rings. The first-order valence-corrected chi connectivity index (χ1v) is 4.96. The maximum atomic E-state index is 5.20. The minimum atomic E-state index is 0.880. The Morgan fingerprint density at radius 1 is 1.20 bits per heavy atom. The lowest BCUT2D eigenvalue weighted by Gasteiger charge is -2.04. The molecule has 77 valence electrons. The summed E-state index contributed by atoms with van der Waals surface area (Å²) in [6.45, 7) is 4.04. The van der Waals surface area contributed by atoms with Crippen LogP contribution in [-0.2, 0) is 0 Å². The molecule has 2 nitrogen and oxygen atoms in total. The molecule has 1 heterocycles. The third-order valence-electron chi connectivity index (χ3n) is 2.47. The molecule has 0 amide bonds. The Morgan fingerprint density at radius 3 is 2.60 bits per heavy atom. The predicted octanol–water partition coefficient (Wildman–Crippen LogP) is 2.95. The van der Waals surface area contributed by atoms with Crippen LogP contribution in [0.25, 0.3) is 5.57 Å². The first-order chi connectivity index (χ1) is 7.20. The second-order valence-corrected chi connectivity index (χ2v) is 3.63. The molecule has 0 bridgehead atoms. The van der Waals surface area contributed by atoms with Crippen molar-refractivity contribution in [3.63, 3.8) is 0 Å². The topological polar surface area (TPSA) is 23.3 Å². The molecule has 1 radical (unpaired) electrons. The van der Waals surface area contributed by atoms with E-state index in [1.165, 1.54) is 5.57 Å². The highest BCUT2D eigenvalue weighted by molar-refractivity contribution is 5.79. The second-order valence-electron chi connectivity index (χ2n) is 3.63. The van der Waals surface area contributed by atoms with Gasteiger partial charge in [0.1, 0.15) is 5.75 Å². The summed E-state index contributed by atoms with van der Waals surface area (Å²) >= 11 is 0. The van der Waals surface area contributed by atoms with Crippen molar-refractivity contribution in [3.05, 3.63) is 47.3 Å². The number of rotatable bonds is 2. The molecule has 0 atom stereocenters. The van der Waals surface area contributed by atoms with E-state index in [0.29, 0.717) is 0 Å². The molecule has 0 spiro atoms. The average Bonchev–Trinajstić information content (AvgIpc) is 2.58. The Hall–Kier alpha value is -1.70. The largest absolute Gasteiger partial charge is 0.497 e. The molecule has 1 aromatic carbocycles.